The second-order valence-corrected chi connectivity index (χ2v) is 6.54. The van der Waals surface area contributed by atoms with Gasteiger partial charge in [-0.1, -0.05) is 23.7 Å². The van der Waals surface area contributed by atoms with Crippen molar-refractivity contribution < 1.29 is 8.42 Å². The predicted octanol–water partition coefficient (Wildman–Crippen LogP) is 2.89. The zero-order valence-corrected chi connectivity index (χ0v) is 12.6. The molecule has 1 heterocycles. The van der Waals surface area contributed by atoms with Crippen LogP contribution in [0.15, 0.2) is 47.4 Å². The molecule has 0 bridgehead atoms. The maximum atomic E-state index is 12.4. The summed E-state index contributed by atoms with van der Waals surface area (Å²) in [5.41, 5.74) is 0.999. The van der Waals surface area contributed by atoms with E-state index < -0.39 is 10.0 Å². The largest absolute Gasteiger partial charge is 0.277 e. The summed E-state index contributed by atoms with van der Waals surface area (Å²) >= 11 is 5.94. The first-order chi connectivity index (χ1) is 10.5. The average molecular weight is 333 g/mol. The van der Waals surface area contributed by atoms with Crippen LogP contribution in [0.2, 0.25) is 5.15 Å². The highest BCUT2D eigenvalue weighted by Crippen LogP contribution is 2.28. The average Bonchev–Trinajstić information content (AvgIpc) is 2.90. The van der Waals surface area contributed by atoms with Gasteiger partial charge >= 0.3 is 0 Å². The summed E-state index contributed by atoms with van der Waals surface area (Å²) in [5, 5.41) is 16.4. The number of H-pyrrole nitrogens is 1. The van der Waals surface area contributed by atoms with Gasteiger partial charge in [0.2, 0.25) is 0 Å². The lowest BCUT2D eigenvalue weighted by Gasteiger charge is -2.08. The van der Waals surface area contributed by atoms with Crippen LogP contribution in [0.1, 0.15) is 5.56 Å². The Labute approximate surface area is 131 Å². The normalized spacial score (nSPS) is 11.3. The molecule has 2 N–H and O–H groups in total. The minimum atomic E-state index is -3.83. The number of hydrogen-bond donors (Lipinski definition) is 2. The molecule has 2 aromatic carbocycles. The van der Waals surface area contributed by atoms with E-state index in [1.165, 1.54) is 24.3 Å². The van der Waals surface area contributed by atoms with Crippen molar-refractivity contribution in [3.05, 3.63) is 53.2 Å². The quantitative estimate of drug-likeness (QED) is 0.770. The van der Waals surface area contributed by atoms with E-state index in [-0.39, 0.29) is 10.5 Å². The van der Waals surface area contributed by atoms with Gasteiger partial charge in [-0.15, -0.1) is 0 Å². The van der Waals surface area contributed by atoms with Crippen molar-refractivity contribution in [1.82, 2.24) is 10.2 Å². The lowest BCUT2D eigenvalue weighted by atomic mass is 10.2. The standard InChI is InChI=1S/C14H9ClN4O2S/c15-14-11-5-2-6-12(13(11)17-18-14)19-22(20,21)10-4-1-3-9(7-10)8-16/h1-7,19H,(H,17,18). The number of anilines is 1. The maximum absolute atomic E-state index is 12.4. The molecule has 3 aromatic rings. The molecule has 0 unspecified atom stereocenters. The van der Waals surface area contributed by atoms with E-state index in [1.807, 2.05) is 6.07 Å². The summed E-state index contributed by atoms with van der Waals surface area (Å²) in [6.45, 7) is 0. The van der Waals surface area contributed by atoms with Crippen LogP contribution in [0.3, 0.4) is 0 Å². The van der Waals surface area contributed by atoms with Crippen molar-refractivity contribution in [1.29, 1.82) is 5.26 Å². The van der Waals surface area contributed by atoms with E-state index in [1.54, 1.807) is 18.2 Å². The summed E-state index contributed by atoms with van der Waals surface area (Å²) in [6, 6.07) is 12.7. The van der Waals surface area contributed by atoms with Crippen molar-refractivity contribution >= 4 is 38.2 Å². The highest BCUT2D eigenvalue weighted by atomic mass is 35.5. The van der Waals surface area contributed by atoms with Crippen LogP contribution in [0.5, 0.6) is 0 Å². The summed E-state index contributed by atoms with van der Waals surface area (Å²) in [6.07, 6.45) is 0. The molecule has 0 aliphatic carbocycles. The van der Waals surface area contributed by atoms with Crippen LogP contribution < -0.4 is 4.72 Å². The number of rotatable bonds is 3. The Hall–Kier alpha value is -2.56. The molecular formula is C14H9ClN4O2S. The molecule has 6 nitrogen and oxygen atoms in total. The molecule has 3 rings (SSSR count). The van der Waals surface area contributed by atoms with Gasteiger partial charge in [-0.05, 0) is 30.3 Å². The number of benzene rings is 2. The molecule has 0 atom stereocenters. The second-order valence-electron chi connectivity index (χ2n) is 4.48. The SMILES string of the molecule is N#Cc1cccc(S(=O)(=O)Nc2cccc3c(Cl)[nH]nc23)c1. The van der Waals surface area contributed by atoms with Crippen molar-refractivity contribution in [2.45, 2.75) is 4.90 Å². The van der Waals surface area contributed by atoms with Crippen LogP contribution in [-0.4, -0.2) is 18.6 Å². The van der Waals surface area contributed by atoms with Gasteiger partial charge < -0.3 is 0 Å². The molecule has 0 saturated heterocycles. The summed E-state index contributed by atoms with van der Waals surface area (Å²) in [4.78, 5) is 0.00480. The van der Waals surface area contributed by atoms with Crippen LogP contribution in [0, 0.1) is 11.3 Å². The van der Waals surface area contributed by atoms with Crippen LogP contribution in [-0.2, 0) is 10.0 Å². The number of fused-ring (bicyclic) bond motifs is 1. The number of nitrogens with one attached hydrogen (secondary N) is 2. The summed E-state index contributed by atoms with van der Waals surface area (Å²) < 4.78 is 27.3. The van der Waals surface area contributed by atoms with E-state index in [0.29, 0.717) is 21.7 Å². The Kier molecular flexibility index (Phi) is 3.48. The number of aromatic nitrogens is 2. The highest BCUT2D eigenvalue weighted by Gasteiger charge is 2.17. The van der Waals surface area contributed by atoms with Gasteiger partial charge in [0.25, 0.3) is 10.0 Å². The Morgan fingerprint density at radius 1 is 1.23 bits per heavy atom. The number of halogens is 1. The zero-order valence-electron chi connectivity index (χ0n) is 11.0. The third-order valence-corrected chi connectivity index (χ3v) is 4.71. The van der Waals surface area contributed by atoms with Crippen molar-refractivity contribution in [3.63, 3.8) is 0 Å². The van der Waals surface area contributed by atoms with E-state index in [0.717, 1.165) is 0 Å². The van der Waals surface area contributed by atoms with Crippen LogP contribution in [0.4, 0.5) is 5.69 Å². The first-order valence-corrected chi connectivity index (χ1v) is 8.03. The number of para-hydroxylation sites is 1. The first-order valence-electron chi connectivity index (χ1n) is 6.17. The van der Waals surface area contributed by atoms with E-state index in [9.17, 15) is 8.42 Å². The third kappa shape index (κ3) is 2.50. The number of sulfonamides is 1. The van der Waals surface area contributed by atoms with Crippen molar-refractivity contribution in [2.24, 2.45) is 0 Å². The van der Waals surface area contributed by atoms with Crippen LogP contribution in [0.25, 0.3) is 10.9 Å². The second kappa shape index (κ2) is 5.33. The lowest BCUT2D eigenvalue weighted by molar-refractivity contribution is 0.601. The molecule has 0 amide bonds. The van der Waals surface area contributed by atoms with E-state index in [4.69, 9.17) is 16.9 Å². The monoisotopic (exact) mass is 332 g/mol. The van der Waals surface area contributed by atoms with Gasteiger partial charge in [0.05, 0.1) is 22.2 Å². The number of aromatic amines is 1. The van der Waals surface area contributed by atoms with Crippen molar-refractivity contribution in [3.8, 4) is 6.07 Å². The maximum Gasteiger partial charge on any atom is 0.262 e. The fraction of sp³-hybridized carbons (Fsp3) is 0. The lowest BCUT2D eigenvalue weighted by Crippen LogP contribution is -2.13. The molecular weight excluding hydrogens is 324 g/mol. The van der Waals surface area contributed by atoms with Gasteiger partial charge in [-0.2, -0.15) is 10.4 Å². The molecule has 110 valence electrons. The molecule has 0 aliphatic heterocycles. The third-order valence-electron chi connectivity index (χ3n) is 3.06. The van der Waals surface area contributed by atoms with E-state index >= 15 is 0 Å². The van der Waals surface area contributed by atoms with Gasteiger partial charge in [-0.25, -0.2) is 8.42 Å². The van der Waals surface area contributed by atoms with Gasteiger partial charge in [0.15, 0.2) is 0 Å². The van der Waals surface area contributed by atoms with Crippen LogP contribution >= 0.6 is 11.6 Å². The zero-order chi connectivity index (χ0) is 15.7. The van der Waals surface area contributed by atoms with Gasteiger partial charge in [-0.3, -0.25) is 9.82 Å². The Morgan fingerprint density at radius 2 is 2.00 bits per heavy atom. The molecule has 0 radical (unpaired) electrons. The molecule has 0 fully saturated rings. The minimum Gasteiger partial charge on any atom is -0.277 e. The van der Waals surface area contributed by atoms with Crippen molar-refractivity contribution in [2.75, 3.05) is 4.72 Å². The molecule has 0 aliphatic rings. The molecule has 22 heavy (non-hydrogen) atoms. The fourth-order valence-corrected chi connectivity index (χ4v) is 3.33. The first kappa shape index (κ1) is 14.4. The molecule has 1 aromatic heterocycles. The summed E-state index contributed by atoms with van der Waals surface area (Å²) in [7, 11) is -3.83. The highest BCUT2D eigenvalue weighted by molar-refractivity contribution is 7.92. The van der Waals surface area contributed by atoms with E-state index in [2.05, 4.69) is 14.9 Å². The molecule has 8 heteroatoms. The Morgan fingerprint density at radius 3 is 2.77 bits per heavy atom. The Bertz CT molecular complexity index is 1010. The predicted molar refractivity (Wildman–Crippen MR) is 83.1 cm³/mol. The number of hydrogen-bond acceptors (Lipinski definition) is 4. The number of nitrogens with zero attached hydrogens (tertiary/aromatic N) is 2. The fourth-order valence-electron chi connectivity index (χ4n) is 2.03. The van der Waals surface area contributed by atoms with Gasteiger partial charge in [0.1, 0.15) is 10.7 Å². The molecule has 0 saturated carbocycles. The summed E-state index contributed by atoms with van der Waals surface area (Å²) in [5.74, 6) is 0. The smallest absolute Gasteiger partial charge is 0.262 e. The topological polar surface area (TPSA) is 98.6 Å². The molecule has 0 spiro atoms. The van der Waals surface area contributed by atoms with Gasteiger partial charge in [0, 0.05) is 5.39 Å². The Balaban J connectivity index is 2.05. The minimum absolute atomic E-state index is 0.00480. The number of nitriles is 1.